The number of hydrogen-bond donors (Lipinski definition) is 1. The zero-order valence-electron chi connectivity index (χ0n) is 13.3. The molecule has 2 saturated heterocycles. The van der Waals surface area contributed by atoms with Crippen LogP contribution >= 0.6 is 0 Å². The molecule has 0 unspecified atom stereocenters. The number of para-hydroxylation sites is 2. The smallest absolute Gasteiger partial charge is 0.292 e. The zero-order valence-corrected chi connectivity index (χ0v) is 13.3. The molecule has 0 radical (unpaired) electrons. The van der Waals surface area contributed by atoms with Gasteiger partial charge in [-0.05, 0) is 38.2 Å². The number of nitro groups is 1. The van der Waals surface area contributed by atoms with E-state index >= 15 is 0 Å². The number of nitrogens with one attached hydrogen (secondary N) is 1. The Morgan fingerprint density at radius 2 is 2.00 bits per heavy atom. The summed E-state index contributed by atoms with van der Waals surface area (Å²) in [5.41, 5.74) is 0.835. The van der Waals surface area contributed by atoms with Gasteiger partial charge in [-0.2, -0.15) is 0 Å². The highest BCUT2D eigenvalue weighted by Crippen LogP contribution is 2.36. The summed E-state index contributed by atoms with van der Waals surface area (Å²) in [5.74, 6) is 0.624. The van der Waals surface area contributed by atoms with Crippen LogP contribution in [0.2, 0.25) is 0 Å². The van der Waals surface area contributed by atoms with Gasteiger partial charge in [0.1, 0.15) is 5.69 Å². The van der Waals surface area contributed by atoms with E-state index in [1.54, 1.807) is 12.1 Å². The van der Waals surface area contributed by atoms with Gasteiger partial charge in [0.2, 0.25) is 0 Å². The van der Waals surface area contributed by atoms with E-state index in [2.05, 4.69) is 12.4 Å². The van der Waals surface area contributed by atoms with Crippen LogP contribution in [0.5, 0.6) is 0 Å². The van der Waals surface area contributed by atoms with Crippen molar-refractivity contribution < 1.29 is 9.41 Å². The van der Waals surface area contributed by atoms with Gasteiger partial charge in [0.25, 0.3) is 5.69 Å². The Morgan fingerprint density at radius 1 is 1.23 bits per heavy atom. The van der Waals surface area contributed by atoms with Gasteiger partial charge in [0, 0.05) is 18.5 Å². The van der Waals surface area contributed by atoms with E-state index in [1.807, 2.05) is 12.1 Å². The fourth-order valence-electron chi connectivity index (χ4n) is 4.49. The van der Waals surface area contributed by atoms with Crippen molar-refractivity contribution in [1.29, 1.82) is 0 Å². The van der Waals surface area contributed by atoms with Gasteiger partial charge in [-0.15, -0.1) is 0 Å². The van der Waals surface area contributed by atoms with Crippen molar-refractivity contribution in [1.82, 2.24) is 0 Å². The maximum atomic E-state index is 11.1. The first-order chi connectivity index (χ1) is 10.6. The maximum Gasteiger partial charge on any atom is 0.292 e. The van der Waals surface area contributed by atoms with E-state index in [-0.39, 0.29) is 10.6 Å². The summed E-state index contributed by atoms with van der Waals surface area (Å²) < 4.78 is 1.21. The van der Waals surface area contributed by atoms with Crippen LogP contribution in [-0.4, -0.2) is 42.1 Å². The van der Waals surface area contributed by atoms with Crippen LogP contribution in [0.15, 0.2) is 24.3 Å². The molecule has 1 aromatic carbocycles. The Morgan fingerprint density at radius 3 is 2.82 bits per heavy atom. The van der Waals surface area contributed by atoms with Crippen molar-refractivity contribution in [2.45, 2.75) is 38.1 Å². The van der Waals surface area contributed by atoms with Crippen LogP contribution in [-0.2, 0) is 0 Å². The number of piperidine rings is 2. The summed E-state index contributed by atoms with van der Waals surface area (Å²) in [6.45, 7) is 3.45. The predicted molar refractivity (Wildman–Crippen MR) is 87.9 cm³/mol. The molecule has 0 aliphatic carbocycles. The lowest BCUT2D eigenvalue weighted by Crippen LogP contribution is -2.61. The van der Waals surface area contributed by atoms with Crippen molar-refractivity contribution in [2.75, 3.05) is 32.0 Å². The highest BCUT2D eigenvalue weighted by molar-refractivity contribution is 5.61. The molecule has 2 aliphatic rings. The largest absolute Gasteiger partial charge is 0.379 e. The van der Waals surface area contributed by atoms with Gasteiger partial charge in [-0.3, -0.25) is 10.1 Å². The predicted octanol–water partition coefficient (Wildman–Crippen LogP) is 3.42. The van der Waals surface area contributed by atoms with Gasteiger partial charge >= 0.3 is 0 Å². The molecule has 0 aromatic heterocycles. The van der Waals surface area contributed by atoms with E-state index in [4.69, 9.17) is 0 Å². The first-order valence-electron chi connectivity index (χ1n) is 8.42. The van der Waals surface area contributed by atoms with Gasteiger partial charge in [-0.1, -0.05) is 12.1 Å². The number of nitrogens with zero attached hydrogens (tertiary/aromatic N) is 2. The molecule has 0 saturated carbocycles. The van der Waals surface area contributed by atoms with Crippen LogP contribution in [0.1, 0.15) is 32.1 Å². The summed E-state index contributed by atoms with van der Waals surface area (Å²) in [4.78, 5) is 10.8. The number of hydrogen-bond acceptors (Lipinski definition) is 3. The van der Waals surface area contributed by atoms with Crippen molar-refractivity contribution in [3.05, 3.63) is 34.4 Å². The normalized spacial score (nSPS) is 31.3. The summed E-state index contributed by atoms with van der Waals surface area (Å²) in [6, 6.07) is 7.69. The third kappa shape index (κ3) is 2.95. The lowest BCUT2D eigenvalue weighted by molar-refractivity contribution is -0.946. The Kier molecular flexibility index (Phi) is 4.34. The first-order valence-corrected chi connectivity index (χ1v) is 8.42. The molecule has 3 rings (SSSR count). The Hall–Kier alpha value is -1.62. The van der Waals surface area contributed by atoms with Crippen molar-refractivity contribution >= 4 is 11.4 Å². The second-order valence-corrected chi connectivity index (χ2v) is 7.05. The van der Waals surface area contributed by atoms with Crippen LogP contribution in [0.4, 0.5) is 11.4 Å². The molecular formula is C17H26N3O2+. The lowest BCUT2D eigenvalue weighted by Gasteiger charge is -2.51. The molecule has 22 heavy (non-hydrogen) atoms. The Balaban J connectivity index is 1.69. The summed E-state index contributed by atoms with van der Waals surface area (Å²) in [6.07, 6.45) is 6.50. The minimum atomic E-state index is -0.302. The number of rotatable bonds is 4. The van der Waals surface area contributed by atoms with E-state index in [0.717, 1.165) is 12.6 Å². The molecule has 3 atom stereocenters. The topological polar surface area (TPSA) is 55.2 Å². The van der Waals surface area contributed by atoms with Gasteiger partial charge in [0.05, 0.1) is 31.1 Å². The minimum Gasteiger partial charge on any atom is -0.379 e. The van der Waals surface area contributed by atoms with Gasteiger partial charge in [-0.25, -0.2) is 0 Å². The molecule has 1 aromatic rings. The van der Waals surface area contributed by atoms with Crippen molar-refractivity contribution in [3.63, 3.8) is 0 Å². The van der Waals surface area contributed by atoms with E-state index < -0.39 is 0 Å². The number of quaternary nitrogens is 1. The van der Waals surface area contributed by atoms with E-state index in [0.29, 0.717) is 11.6 Å². The molecule has 5 nitrogen and oxygen atoms in total. The van der Waals surface area contributed by atoms with E-state index in [9.17, 15) is 10.1 Å². The Bertz CT molecular complexity index is 544. The highest BCUT2D eigenvalue weighted by atomic mass is 16.6. The van der Waals surface area contributed by atoms with Crippen LogP contribution in [0, 0.1) is 16.0 Å². The monoisotopic (exact) mass is 304 g/mol. The third-order valence-electron chi connectivity index (χ3n) is 5.66. The average Bonchev–Trinajstić information content (AvgIpc) is 2.52. The van der Waals surface area contributed by atoms with Crippen LogP contribution in [0.25, 0.3) is 0 Å². The van der Waals surface area contributed by atoms with Crippen molar-refractivity contribution in [2.24, 2.45) is 5.92 Å². The fraction of sp³-hybridized carbons (Fsp3) is 0.647. The highest BCUT2D eigenvalue weighted by Gasteiger charge is 2.43. The molecule has 0 bridgehead atoms. The summed E-state index contributed by atoms with van der Waals surface area (Å²) >= 11 is 0. The van der Waals surface area contributed by atoms with Gasteiger partial charge in [0.15, 0.2) is 0 Å². The molecule has 2 fully saturated rings. The number of fused-ring (bicyclic) bond motifs is 1. The average molecular weight is 304 g/mol. The molecule has 120 valence electrons. The molecule has 2 heterocycles. The second-order valence-electron chi connectivity index (χ2n) is 7.05. The standard InChI is InChI=1S/C17H26N3O2/c1-20-11-5-4-10-17(20)14(7-6-12-20)13-18-15-8-2-3-9-16(15)19(21)22/h2-3,8-9,14,17-18H,4-7,10-13H2,1H3/q+1/t14-,17+,20-/m1/s1. The summed E-state index contributed by atoms with van der Waals surface area (Å²) in [5, 5.41) is 14.5. The third-order valence-corrected chi connectivity index (χ3v) is 5.66. The number of anilines is 1. The molecule has 2 aliphatic heterocycles. The molecule has 0 spiro atoms. The van der Waals surface area contributed by atoms with E-state index in [1.165, 1.54) is 49.7 Å². The first kappa shape index (κ1) is 15.3. The maximum absolute atomic E-state index is 11.1. The quantitative estimate of drug-likeness (QED) is 0.527. The second kappa shape index (κ2) is 6.24. The van der Waals surface area contributed by atoms with Crippen LogP contribution in [0.3, 0.4) is 0 Å². The molecule has 1 N–H and O–H groups in total. The zero-order chi connectivity index (χ0) is 15.6. The Labute approximate surface area is 132 Å². The fourth-order valence-corrected chi connectivity index (χ4v) is 4.49. The lowest BCUT2D eigenvalue weighted by atomic mass is 9.81. The molecule has 5 heteroatoms. The van der Waals surface area contributed by atoms with Crippen LogP contribution < -0.4 is 5.32 Å². The molecule has 0 amide bonds. The van der Waals surface area contributed by atoms with Gasteiger partial charge < -0.3 is 9.80 Å². The number of benzene rings is 1. The van der Waals surface area contributed by atoms with Crippen molar-refractivity contribution in [3.8, 4) is 0 Å². The SMILES string of the molecule is C[N@+]12CCCC[C@H]1[C@@H](CNc1ccccc1[N+](=O)[O-])CCC2. The summed E-state index contributed by atoms with van der Waals surface area (Å²) in [7, 11) is 2.40. The number of nitro benzene ring substituents is 1. The minimum absolute atomic E-state index is 0.180. The molecular weight excluding hydrogens is 278 g/mol.